The van der Waals surface area contributed by atoms with E-state index in [4.69, 9.17) is 16.8 Å². The Bertz CT molecular complexity index is 1860. The van der Waals surface area contributed by atoms with Crippen LogP contribution in [0, 0.1) is 13.8 Å². The number of hydrogen-bond acceptors (Lipinski definition) is 1. The van der Waals surface area contributed by atoms with Gasteiger partial charge in [-0.1, -0.05) is 62.2 Å². The van der Waals surface area contributed by atoms with Crippen LogP contribution in [0.25, 0.3) is 44.3 Å². The summed E-state index contributed by atoms with van der Waals surface area (Å²) in [6.07, 6.45) is 1.08. The molecule has 1 aliphatic carbocycles. The van der Waals surface area contributed by atoms with Crippen molar-refractivity contribution in [1.82, 2.24) is 0 Å². The molecule has 33 heavy (non-hydrogen) atoms. The Hall–Kier alpha value is -3.39. The summed E-state index contributed by atoms with van der Waals surface area (Å²) in [7, 11) is 1.85. The van der Waals surface area contributed by atoms with Gasteiger partial charge in [0, 0.05) is 46.2 Å². The summed E-state index contributed by atoms with van der Waals surface area (Å²) in [5.74, 6) is 0. The van der Waals surface area contributed by atoms with Gasteiger partial charge in [0.1, 0.15) is 18.2 Å². The van der Waals surface area contributed by atoms with Crippen LogP contribution in [0.1, 0.15) is 61.1 Å². The normalized spacial score (nSPS) is 19.3. The molecule has 6 rings (SSSR count). The van der Waals surface area contributed by atoms with Gasteiger partial charge >= 0.3 is 0 Å². The smallest absolute Gasteiger partial charge is 0.216 e. The zero-order valence-electron chi connectivity index (χ0n) is 27.6. The van der Waals surface area contributed by atoms with E-state index in [9.17, 15) is 0 Å². The number of nitrogens with zero attached hydrogens (tertiary/aromatic N) is 1. The molecule has 0 spiro atoms. The third-order valence-electron chi connectivity index (χ3n) is 7.26. The van der Waals surface area contributed by atoms with E-state index in [0.29, 0.717) is 33.6 Å². The zero-order chi connectivity index (χ0) is 30.4. The lowest BCUT2D eigenvalue weighted by Gasteiger charge is -2.29. The van der Waals surface area contributed by atoms with E-state index in [1.165, 1.54) is 0 Å². The van der Waals surface area contributed by atoms with Crippen LogP contribution in [-0.2, 0) is 12.5 Å². The second-order valence-corrected chi connectivity index (χ2v) is 8.99. The highest BCUT2D eigenvalue weighted by atomic mass is 16.3. The summed E-state index contributed by atoms with van der Waals surface area (Å²) in [5.41, 5.74) is 5.21. The maximum Gasteiger partial charge on any atom is 0.216 e. The van der Waals surface area contributed by atoms with E-state index in [1.54, 1.807) is 18.3 Å². The van der Waals surface area contributed by atoms with Gasteiger partial charge in [-0.15, -0.1) is 0 Å². The van der Waals surface area contributed by atoms with Crippen LogP contribution in [0.4, 0.5) is 0 Å². The molecular weight excluding hydrogens is 402 g/mol. The first-order chi connectivity index (χ1) is 19.5. The van der Waals surface area contributed by atoms with Crippen molar-refractivity contribution in [2.75, 3.05) is 0 Å². The Kier molecular flexibility index (Phi) is 2.72. The molecular formula is C31H30NO+. The second-order valence-electron chi connectivity index (χ2n) is 8.99. The molecule has 3 aromatic carbocycles. The zero-order valence-corrected chi connectivity index (χ0v) is 18.6. The molecule has 0 radical (unpaired) electrons. The topological polar surface area (TPSA) is 17.0 Å². The molecule has 164 valence electrons. The number of aromatic nitrogens is 1. The minimum absolute atomic E-state index is 0.219. The predicted octanol–water partition coefficient (Wildman–Crippen LogP) is 7.78. The molecule has 5 aromatic rings. The number of fused-ring (bicyclic) bond motifs is 7. The summed E-state index contributed by atoms with van der Waals surface area (Å²) >= 11 is 0. The van der Waals surface area contributed by atoms with Crippen molar-refractivity contribution in [2.45, 2.75) is 45.7 Å². The molecule has 0 atom stereocenters. The third-order valence-corrected chi connectivity index (χ3v) is 7.26. The molecule has 2 heteroatoms. The fourth-order valence-electron chi connectivity index (χ4n) is 5.51. The highest BCUT2D eigenvalue weighted by molar-refractivity contribution is 6.14. The number of pyridine rings is 1. The maximum atomic E-state index is 8.18. The molecule has 0 saturated carbocycles. The SMILES string of the molecule is [2H]C([2H])([2H])CC1(CC([2H])([2H])[2H])c2ccccc2-c2c1ccc1c2oc2c(-c3cc(C([2H])([2H])[2H])cc[n+]3C)c(C)ccc21. The fourth-order valence-corrected chi connectivity index (χ4v) is 5.51. The van der Waals surface area contributed by atoms with Crippen LogP contribution in [0.15, 0.2) is 71.3 Å². The van der Waals surface area contributed by atoms with Crippen LogP contribution >= 0.6 is 0 Å². The first kappa shape index (κ1) is 12.7. The fraction of sp³-hybridized carbons (Fsp3) is 0.258. The molecule has 0 saturated heterocycles. The first-order valence-electron chi connectivity index (χ1n) is 15.6. The van der Waals surface area contributed by atoms with Crippen molar-refractivity contribution in [3.8, 4) is 22.4 Å². The van der Waals surface area contributed by atoms with Crippen LogP contribution in [-0.4, -0.2) is 0 Å². The summed E-state index contributed by atoms with van der Waals surface area (Å²) in [6.45, 7) is -5.09. The van der Waals surface area contributed by atoms with Crippen molar-refractivity contribution in [1.29, 1.82) is 0 Å². The first-order valence-corrected chi connectivity index (χ1v) is 11.1. The summed E-state index contributed by atoms with van der Waals surface area (Å²) in [4.78, 5) is 0. The Morgan fingerprint density at radius 2 is 1.64 bits per heavy atom. The molecule has 0 amide bonds. The molecule has 0 aliphatic heterocycles. The van der Waals surface area contributed by atoms with E-state index in [-0.39, 0.29) is 18.4 Å². The standard InChI is InChI=1S/C31H30NO/c1-6-31(7-2)24-11-9-8-10-23(24)28-25(31)15-14-22-21-13-12-20(4)27(29(21)33-30(22)28)26-18-19(3)16-17-32(26)5/h8-18H,6-7H2,1-5H3/q+1/i1D3,2D3,3D3. The third kappa shape index (κ3) is 2.58. The molecule has 2 aromatic heterocycles. The van der Waals surface area contributed by atoms with E-state index >= 15 is 0 Å². The number of benzene rings is 3. The van der Waals surface area contributed by atoms with Crippen LogP contribution < -0.4 is 4.57 Å². The molecule has 0 fully saturated rings. The Labute approximate surface area is 208 Å². The van der Waals surface area contributed by atoms with Gasteiger partial charge < -0.3 is 4.42 Å². The van der Waals surface area contributed by atoms with Gasteiger partial charge in [0.2, 0.25) is 5.69 Å². The van der Waals surface area contributed by atoms with Crippen LogP contribution in [0.5, 0.6) is 0 Å². The Morgan fingerprint density at radius 3 is 2.42 bits per heavy atom. The lowest BCUT2D eigenvalue weighted by Crippen LogP contribution is -2.30. The average molecular weight is 442 g/mol. The van der Waals surface area contributed by atoms with Crippen molar-refractivity contribution < 1.29 is 21.3 Å². The van der Waals surface area contributed by atoms with Gasteiger partial charge in [0.05, 0.1) is 5.56 Å². The van der Waals surface area contributed by atoms with Gasteiger partial charge in [-0.3, -0.25) is 0 Å². The lowest BCUT2D eigenvalue weighted by atomic mass is 9.74. The minimum Gasteiger partial charge on any atom is -0.454 e. The lowest BCUT2D eigenvalue weighted by molar-refractivity contribution is -0.660. The Balaban J connectivity index is 1.70. The summed E-state index contributed by atoms with van der Waals surface area (Å²) in [5, 5.41) is 1.64. The van der Waals surface area contributed by atoms with Gasteiger partial charge in [0.15, 0.2) is 6.20 Å². The maximum absolute atomic E-state index is 8.18. The van der Waals surface area contributed by atoms with Crippen molar-refractivity contribution >= 4 is 21.9 Å². The van der Waals surface area contributed by atoms with E-state index in [1.807, 2.05) is 67.1 Å². The second kappa shape index (κ2) is 7.05. The van der Waals surface area contributed by atoms with Gasteiger partial charge in [-0.2, -0.15) is 0 Å². The number of rotatable bonds is 3. The largest absolute Gasteiger partial charge is 0.454 e. The molecule has 0 N–H and O–H groups in total. The van der Waals surface area contributed by atoms with E-state index in [0.717, 1.165) is 27.5 Å². The van der Waals surface area contributed by atoms with Crippen molar-refractivity contribution in [3.05, 3.63) is 89.1 Å². The highest BCUT2D eigenvalue weighted by Crippen LogP contribution is 2.55. The minimum atomic E-state index is -2.38. The summed E-state index contributed by atoms with van der Waals surface area (Å²) < 4.78 is 81.5. The number of hydrogen-bond donors (Lipinski definition) is 0. The van der Waals surface area contributed by atoms with Gasteiger partial charge in [-0.25, -0.2) is 4.57 Å². The molecule has 1 aliphatic rings. The van der Waals surface area contributed by atoms with Crippen LogP contribution in [0.3, 0.4) is 0 Å². The van der Waals surface area contributed by atoms with E-state index < -0.39 is 26.0 Å². The molecule has 2 nitrogen and oxygen atoms in total. The van der Waals surface area contributed by atoms with Crippen LogP contribution in [0.2, 0.25) is 0 Å². The molecule has 2 heterocycles. The number of aryl methyl sites for hydroxylation is 3. The average Bonchev–Trinajstić information content (AvgIpc) is 3.36. The van der Waals surface area contributed by atoms with Crippen molar-refractivity contribution in [3.63, 3.8) is 0 Å². The quantitative estimate of drug-likeness (QED) is 0.261. The Morgan fingerprint density at radius 1 is 0.879 bits per heavy atom. The predicted molar refractivity (Wildman–Crippen MR) is 137 cm³/mol. The monoisotopic (exact) mass is 441 g/mol. The highest BCUT2D eigenvalue weighted by Gasteiger charge is 2.42. The molecule has 0 unspecified atom stereocenters. The molecule has 0 bridgehead atoms. The van der Waals surface area contributed by atoms with E-state index in [2.05, 4.69) is 0 Å². The van der Waals surface area contributed by atoms with Gasteiger partial charge in [-0.05, 0) is 54.4 Å². The number of furan rings is 1. The van der Waals surface area contributed by atoms with Gasteiger partial charge in [0.25, 0.3) is 0 Å². The summed E-state index contributed by atoms with van der Waals surface area (Å²) in [6, 6.07) is 18.3. The van der Waals surface area contributed by atoms with Crippen molar-refractivity contribution in [2.24, 2.45) is 7.05 Å².